The lowest BCUT2D eigenvalue weighted by molar-refractivity contribution is 0.281. The molecule has 0 aliphatic heterocycles. The fourth-order valence-electron chi connectivity index (χ4n) is 1.82. The first-order chi connectivity index (χ1) is 8.24. The van der Waals surface area contributed by atoms with Gasteiger partial charge in [-0.15, -0.1) is 6.42 Å². The van der Waals surface area contributed by atoms with Crippen LogP contribution in [0.4, 0.5) is 5.82 Å². The largest absolute Gasteiger partial charge is 0.391 e. The standard InChI is InChI=1S/C13H17N3O/c1-3-6-16(8-11-4-5-11)13-12(9-17)7-14-10(2)15-13/h1,7,11,17H,4-6,8-9H2,2H3. The van der Waals surface area contributed by atoms with Crippen molar-refractivity contribution in [2.75, 3.05) is 18.0 Å². The number of rotatable bonds is 5. The van der Waals surface area contributed by atoms with Gasteiger partial charge in [0.2, 0.25) is 0 Å². The van der Waals surface area contributed by atoms with E-state index in [2.05, 4.69) is 20.8 Å². The third-order valence-corrected chi connectivity index (χ3v) is 2.89. The van der Waals surface area contributed by atoms with Gasteiger partial charge in [0.25, 0.3) is 0 Å². The minimum absolute atomic E-state index is 0.0542. The van der Waals surface area contributed by atoms with Crippen molar-refractivity contribution in [1.29, 1.82) is 0 Å². The van der Waals surface area contributed by atoms with Crippen LogP contribution in [0.2, 0.25) is 0 Å². The van der Waals surface area contributed by atoms with Crippen molar-refractivity contribution >= 4 is 5.82 Å². The summed E-state index contributed by atoms with van der Waals surface area (Å²) in [5.74, 6) is 4.87. The summed E-state index contributed by atoms with van der Waals surface area (Å²) < 4.78 is 0. The van der Waals surface area contributed by atoms with Crippen LogP contribution in [-0.4, -0.2) is 28.2 Å². The minimum atomic E-state index is -0.0542. The molecule has 1 aromatic rings. The highest BCUT2D eigenvalue weighted by Crippen LogP contribution is 2.31. The molecule has 0 atom stereocenters. The Bertz CT molecular complexity index is 435. The molecule has 0 amide bonds. The number of nitrogens with zero attached hydrogens (tertiary/aromatic N) is 3. The minimum Gasteiger partial charge on any atom is -0.391 e. The van der Waals surface area contributed by atoms with Crippen LogP contribution in [0.5, 0.6) is 0 Å². The van der Waals surface area contributed by atoms with Crippen LogP contribution in [0.1, 0.15) is 24.2 Å². The second-order valence-electron chi connectivity index (χ2n) is 4.45. The van der Waals surface area contributed by atoms with Gasteiger partial charge >= 0.3 is 0 Å². The Morgan fingerprint density at radius 1 is 1.59 bits per heavy atom. The fraction of sp³-hybridized carbons (Fsp3) is 0.538. The predicted molar refractivity (Wildman–Crippen MR) is 66.5 cm³/mol. The molecule has 90 valence electrons. The molecule has 2 rings (SSSR count). The molecule has 1 fully saturated rings. The normalized spacial score (nSPS) is 14.4. The van der Waals surface area contributed by atoms with Crippen LogP contribution in [0.15, 0.2) is 6.20 Å². The maximum absolute atomic E-state index is 9.32. The molecule has 0 radical (unpaired) electrons. The number of terminal acetylenes is 1. The highest BCUT2D eigenvalue weighted by Gasteiger charge is 2.25. The lowest BCUT2D eigenvalue weighted by Crippen LogP contribution is -2.28. The van der Waals surface area contributed by atoms with Gasteiger partial charge in [-0.25, -0.2) is 9.97 Å². The van der Waals surface area contributed by atoms with E-state index in [1.807, 2.05) is 6.92 Å². The van der Waals surface area contributed by atoms with Gasteiger partial charge in [-0.3, -0.25) is 0 Å². The summed E-state index contributed by atoms with van der Waals surface area (Å²) >= 11 is 0. The Morgan fingerprint density at radius 3 is 2.94 bits per heavy atom. The summed E-state index contributed by atoms with van der Waals surface area (Å²) in [5, 5.41) is 9.32. The zero-order chi connectivity index (χ0) is 12.3. The second kappa shape index (κ2) is 5.15. The van der Waals surface area contributed by atoms with Gasteiger partial charge in [-0.1, -0.05) is 5.92 Å². The highest BCUT2D eigenvalue weighted by molar-refractivity contribution is 5.47. The van der Waals surface area contributed by atoms with Crippen LogP contribution in [0.3, 0.4) is 0 Å². The molecular formula is C13H17N3O. The molecule has 0 aromatic carbocycles. The summed E-state index contributed by atoms with van der Waals surface area (Å²) in [6, 6.07) is 0. The second-order valence-corrected chi connectivity index (χ2v) is 4.45. The van der Waals surface area contributed by atoms with Crippen LogP contribution < -0.4 is 4.90 Å². The van der Waals surface area contributed by atoms with Crippen molar-refractivity contribution in [3.05, 3.63) is 17.6 Å². The Labute approximate surface area is 102 Å². The van der Waals surface area contributed by atoms with Crippen molar-refractivity contribution < 1.29 is 5.11 Å². The molecule has 0 bridgehead atoms. The maximum Gasteiger partial charge on any atom is 0.138 e. The molecular weight excluding hydrogens is 214 g/mol. The SMILES string of the molecule is C#CCN(CC1CC1)c1nc(C)ncc1CO. The molecule has 1 aliphatic rings. The summed E-state index contributed by atoms with van der Waals surface area (Å²) in [6.07, 6.45) is 9.60. The van der Waals surface area contributed by atoms with E-state index >= 15 is 0 Å². The molecule has 1 heterocycles. The van der Waals surface area contributed by atoms with Crippen LogP contribution in [0, 0.1) is 25.2 Å². The van der Waals surface area contributed by atoms with Gasteiger partial charge in [-0.05, 0) is 25.7 Å². The van der Waals surface area contributed by atoms with Gasteiger partial charge in [0.15, 0.2) is 0 Å². The summed E-state index contributed by atoms with van der Waals surface area (Å²) in [6.45, 7) is 3.24. The third kappa shape index (κ3) is 2.95. The van der Waals surface area contributed by atoms with E-state index in [4.69, 9.17) is 6.42 Å². The molecule has 0 spiro atoms. The van der Waals surface area contributed by atoms with Crippen molar-refractivity contribution in [3.8, 4) is 12.3 Å². The van der Waals surface area contributed by atoms with E-state index in [9.17, 15) is 5.11 Å². The molecule has 1 aromatic heterocycles. The molecule has 1 aliphatic carbocycles. The average Bonchev–Trinajstić information content (AvgIpc) is 3.12. The smallest absolute Gasteiger partial charge is 0.138 e. The summed E-state index contributed by atoms with van der Waals surface area (Å²) in [4.78, 5) is 10.6. The van der Waals surface area contributed by atoms with Crippen LogP contribution in [0.25, 0.3) is 0 Å². The Morgan fingerprint density at radius 2 is 2.35 bits per heavy atom. The van der Waals surface area contributed by atoms with E-state index in [1.165, 1.54) is 12.8 Å². The molecule has 4 nitrogen and oxygen atoms in total. The first-order valence-electron chi connectivity index (χ1n) is 5.86. The third-order valence-electron chi connectivity index (χ3n) is 2.89. The Balaban J connectivity index is 2.26. The Hall–Kier alpha value is -1.60. The van der Waals surface area contributed by atoms with Gasteiger partial charge in [0.1, 0.15) is 11.6 Å². The van der Waals surface area contributed by atoms with Gasteiger partial charge in [-0.2, -0.15) is 0 Å². The number of aliphatic hydroxyl groups excluding tert-OH is 1. The van der Waals surface area contributed by atoms with E-state index < -0.39 is 0 Å². The first-order valence-corrected chi connectivity index (χ1v) is 5.86. The molecule has 17 heavy (non-hydrogen) atoms. The molecule has 4 heteroatoms. The number of anilines is 1. The lowest BCUT2D eigenvalue weighted by Gasteiger charge is -2.23. The monoisotopic (exact) mass is 231 g/mol. The van der Waals surface area contributed by atoms with Crippen molar-refractivity contribution in [2.24, 2.45) is 5.92 Å². The number of aliphatic hydroxyl groups is 1. The van der Waals surface area contributed by atoms with Gasteiger partial charge in [0.05, 0.1) is 13.2 Å². The number of aromatic nitrogens is 2. The molecule has 1 saturated carbocycles. The van der Waals surface area contributed by atoms with Crippen LogP contribution in [-0.2, 0) is 6.61 Å². The lowest BCUT2D eigenvalue weighted by atomic mass is 10.2. The first kappa shape index (κ1) is 11.9. The van der Waals surface area contributed by atoms with E-state index in [1.54, 1.807) is 6.20 Å². The summed E-state index contributed by atoms with van der Waals surface area (Å²) in [5.41, 5.74) is 0.742. The van der Waals surface area contributed by atoms with E-state index in [0.717, 1.165) is 23.8 Å². The van der Waals surface area contributed by atoms with E-state index in [-0.39, 0.29) is 6.61 Å². The van der Waals surface area contributed by atoms with Crippen molar-refractivity contribution in [2.45, 2.75) is 26.4 Å². The quantitative estimate of drug-likeness (QED) is 0.772. The van der Waals surface area contributed by atoms with Gasteiger partial charge < -0.3 is 10.0 Å². The predicted octanol–water partition coefficient (Wildman–Crippen LogP) is 1.13. The zero-order valence-corrected chi connectivity index (χ0v) is 10.1. The number of hydrogen-bond donors (Lipinski definition) is 1. The molecule has 0 saturated heterocycles. The topological polar surface area (TPSA) is 49.2 Å². The fourth-order valence-corrected chi connectivity index (χ4v) is 1.82. The van der Waals surface area contributed by atoms with Crippen molar-refractivity contribution in [1.82, 2.24) is 9.97 Å². The van der Waals surface area contributed by atoms with E-state index in [0.29, 0.717) is 12.4 Å². The number of aryl methyl sites for hydroxylation is 1. The summed E-state index contributed by atoms with van der Waals surface area (Å²) in [7, 11) is 0. The van der Waals surface area contributed by atoms with Crippen LogP contribution >= 0.6 is 0 Å². The Kier molecular flexibility index (Phi) is 3.60. The zero-order valence-electron chi connectivity index (χ0n) is 10.1. The average molecular weight is 231 g/mol. The number of hydrogen-bond acceptors (Lipinski definition) is 4. The highest BCUT2D eigenvalue weighted by atomic mass is 16.3. The molecule has 1 N–H and O–H groups in total. The van der Waals surface area contributed by atoms with Gasteiger partial charge in [0, 0.05) is 18.3 Å². The molecule has 0 unspecified atom stereocenters. The van der Waals surface area contributed by atoms with Crippen molar-refractivity contribution in [3.63, 3.8) is 0 Å². The maximum atomic E-state index is 9.32.